The smallest absolute Gasteiger partial charge is 0.326 e. The molecule has 1 aliphatic heterocycles. The molecule has 2 aromatic rings. The highest BCUT2D eigenvalue weighted by atomic mass is 19.1. The van der Waals surface area contributed by atoms with E-state index in [1.807, 2.05) is 23.1 Å². The van der Waals surface area contributed by atoms with Gasteiger partial charge in [0, 0.05) is 32.4 Å². The Hall–Kier alpha value is -3.00. The van der Waals surface area contributed by atoms with Crippen LogP contribution in [0.25, 0.3) is 0 Å². The molecule has 0 aliphatic carbocycles. The van der Waals surface area contributed by atoms with E-state index in [2.05, 4.69) is 20.5 Å². The Morgan fingerprint density at radius 3 is 2.46 bits per heavy atom. The van der Waals surface area contributed by atoms with E-state index in [4.69, 9.17) is 0 Å². The third kappa shape index (κ3) is 4.76. The number of amides is 3. The molecular formula is C18H20FN5O2. The number of hydrogen-bond donors (Lipinski definition) is 2. The van der Waals surface area contributed by atoms with Crippen LogP contribution in [-0.4, -0.2) is 54.5 Å². The van der Waals surface area contributed by atoms with Crippen molar-refractivity contribution in [1.82, 2.24) is 15.2 Å². The molecule has 0 unspecified atom stereocenters. The summed E-state index contributed by atoms with van der Waals surface area (Å²) >= 11 is 0. The Morgan fingerprint density at radius 1 is 1.04 bits per heavy atom. The zero-order valence-electron chi connectivity index (χ0n) is 14.2. The van der Waals surface area contributed by atoms with Crippen molar-refractivity contribution >= 4 is 23.4 Å². The molecule has 2 heterocycles. The van der Waals surface area contributed by atoms with Gasteiger partial charge in [-0.3, -0.25) is 15.0 Å². The lowest BCUT2D eigenvalue weighted by atomic mass is 10.3. The van der Waals surface area contributed by atoms with E-state index in [1.54, 1.807) is 12.3 Å². The number of urea groups is 1. The summed E-state index contributed by atoms with van der Waals surface area (Å²) in [7, 11) is 0. The molecule has 136 valence electrons. The maximum absolute atomic E-state index is 13.5. The highest BCUT2D eigenvalue weighted by molar-refractivity contribution is 6.01. The minimum absolute atomic E-state index is 0.0294. The molecule has 8 heteroatoms. The molecule has 0 spiro atoms. The van der Waals surface area contributed by atoms with E-state index >= 15 is 0 Å². The lowest BCUT2D eigenvalue weighted by Crippen LogP contribution is -2.50. The average molecular weight is 357 g/mol. The molecule has 0 bridgehead atoms. The fourth-order valence-electron chi connectivity index (χ4n) is 2.76. The van der Waals surface area contributed by atoms with Gasteiger partial charge in [-0.2, -0.15) is 0 Å². The van der Waals surface area contributed by atoms with Crippen LogP contribution < -0.4 is 15.5 Å². The second kappa shape index (κ2) is 8.39. The number of aromatic nitrogens is 1. The normalized spacial score (nSPS) is 14.7. The number of piperazine rings is 1. The number of rotatable bonds is 4. The lowest BCUT2D eigenvalue weighted by molar-refractivity contribution is -0.121. The van der Waals surface area contributed by atoms with Crippen LogP contribution in [0.3, 0.4) is 0 Å². The molecule has 26 heavy (non-hydrogen) atoms. The second-order valence-corrected chi connectivity index (χ2v) is 5.93. The van der Waals surface area contributed by atoms with Crippen molar-refractivity contribution in [3.8, 4) is 0 Å². The SMILES string of the molecule is O=C(CN1CCN(c2ccccn2)CC1)NC(=O)Nc1ccccc1F. The third-order valence-corrected chi connectivity index (χ3v) is 4.09. The summed E-state index contributed by atoms with van der Waals surface area (Å²) in [6, 6.07) is 10.8. The number of benzene rings is 1. The van der Waals surface area contributed by atoms with Crippen molar-refractivity contribution in [2.24, 2.45) is 0 Å². The lowest BCUT2D eigenvalue weighted by Gasteiger charge is -2.34. The number of imide groups is 1. The van der Waals surface area contributed by atoms with Gasteiger partial charge in [-0.15, -0.1) is 0 Å². The van der Waals surface area contributed by atoms with Gasteiger partial charge in [0.1, 0.15) is 11.6 Å². The number of para-hydroxylation sites is 1. The quantitative estimate of drug-likeness (QED) is 0.871. The van der Waals surface area contributed by atoms with Crippen LogP contribution in [0.15, 0.2) is 48.7 Å². The Morgan fingerprint density at radius 2 is 1.77 bits per heavy atom. The minimum Gasteiger partial charge on any atom is -0.354 e. The molecule has 1 saturated heterocycles. The fraction of sp³-hybridized carbons (Fsp3) is 0.278. The summed E-state index contributed by atoms with van der Waals surface area (Å²) < 4.78 is 13.5. The van der Waals surface area contributed by atoms with Crippen molar-refractivity contribution in [3.63, 3.8) is 0 Å². The monoisotopic (exact) mass is 357 g/mol. The molecule has 3 amide bonds. The Bertz CT molecular complexity index is 763. The summed E-state index contributed by atoms with van der Waals surface area (Å²) in [6.45, 7) is 3.01. The summed E-state index contributed by atoms with van der Waals surface area (Å²) in [6.07, 6.45) is 1.75. The summed E-state index contributed by atoms with van der Waals surface area (Å²) in [5.41, 5.74) is 0.0294. The fourth-order valence-corrected chi connectivity index (χ4v) is 2.76. The van der Waals surface area contributed by atoms with E-state index in [0.29, 0.717) is 13.1 Å². The second-order valence-electron chi connectivity index (χ2n) is 5.93. The van der Waals surface area contributed by atoms with Crippen molar-refractivity contribution in [2.45, 2.75) is 0 Å². The number of nitrogens with zero attached hydrogens (tertiary/aromatic N) is 3. The highest BCUT2D eigenvalue weighted by Gasteiger charge is 2.20. The van der Waals surface area contributed by atoms with E-state index in [-0.39, 0.29) is 12.2 Å². The Balaban J connectivity index is 1.43. The number of hydrogen-bond acceptors (Lipinski definition) is 5. The summed E-state index contributed by atoms with van der Waals surface area (Å²) in [5.74, 6) is -0.0632. The molecule has 3 rings (SSSR count). The molecular weight excluding hydrogens is 337 g/mol. The zero-order chi connectivity index (χ0) is 18.4. The van der Waals surface area contributed by atoms with E-state index in [1.165, 1.54) is 18.2 Å². The number of pyridine rings is 1. The van der Waals surface area contributed by atoms with Gasteiger partial charge in [-0.1, -0.05) is 18.2 Å². The maximum Gasteiger partial charge on any atom is 0.326 e. The van der Waals surface area contributed by atoms with Gasteiger partial charge < -0.3 is 10.2 Å². The number of carbonyl (C=O) groups excluding carboxylic acids is 2. The van der Waals surface area contributed by atoms with E-state index < -0.39 is 17.8 Å². The molecule has 1 fully saturated rings. The first kappa shape index (κ1) is 17.8. The average Bonchev–Trinajstić information content (AvgIpc) is 2.65. The largest absolute Gasteiger partial charge is 0.354 e. The molecule has 1 aromatic carbocycles. The number of halogens is 1. The van der Waals surface area contributed by atoms with Gasteiger partial charge in [-0.25, -0.2) is 14.2 Å². The topological polar surface area (TPSA) is 77.6 Å². The van der Waals surface area contributed by atoms with E-state index in [9.17, 15) is 14.0 Å². The van der Waals surface area contributed by atoms with Crippen molar-refractivity contribution in [3.05, 3.63) is 54.5 Å². The highest BCUT2D eigenvalue weighted by Crippen LogP contribution is 2.13. The minimum atomic E-state index is -0.743. The standard InChI is InChI=1S/C18H20FN5O2/c19-14-5-1-2-6-15(14)21-18(26)22-17(25)13-23-9-11-24(12-10-23)16-7-3-4-8-20-16/h1-8H,9-13H2,(H2,21,22,25,26). The summed E-state index contributed by atoms with van der Waals surface area (Å²) in [5, 5.41) is 4.55. The van der Waals surface area contributed by atoms with Crippen LogP contribution in [0.1, 0.15) is 0 Å². The van der Waals surface area contributed by atoms with Crippen molar-refractivity contribution in [1.29, 1.82) is 0 Å². The van der Waals surface area contributed by atoms with Crippen LogP contribution in [0.5, 0.6) is 0 Å². The van der Waals surface area contributed by atoms with Gasteiger partial charge in [0.2, 0.25) is 5.91 Å². The van der Waals surface area contributed by atoms with E-state index in [0.717, 1.165) is 18.9 Å². The first-order valence-corrected chi connectivity index (χ1v) is 8.35. The third-order valence-electron chi connectivity index (χ3n) is 4.09. The molecule has 0 atom stereocenters. The van der Waals surface area contributed by atoms with Crippen molar-refractivity contribution < 1.29 is 14.0 Å². The predicted molar refractivity (Wildman–Crippen MR) is 96.5 cm³/mol. The molecule has 0 radical (unpaired) electrons. The van der Waals surface area contributed by atoms with Crippen LogP contribution in [0.2, 0.25) is 0 Å². The molecule has 0 saturated carbocycles. The van der Waals surface area contributed by atoms with Crippen LogP contribution in [-0.2, 0) is 4.79 Å². The van der Waals surface area contributed by atoms with Gasteiger partial charge >= 0.3 is 6.03 Å². The van der Waals surface area contributed by atoms with Crippen LogP contribution in [0, 0.1) is 5.82 Å². The van der Waals surface area contributed by atoms with Crippen LogP contribution in [0.4, 0.5) is 20.7 Å². The van der Waals surface area contributed by atoms with Crippen LogP contribution >= 0.6 is 0 Å². The first-order chi connectivity index (χ1) is 12.6. The van der Waals surface area contributed by atoms with Gasteiger partial charge in [0.25, 0.3) is 0 Å². The van der Waals surface area contributed by atoms with Crippen molar-refractivity contribution in [2.75, 3.05) is 42.9 Å². The zero-order valence-corrected chi connectivity index (χ0v) is 14.2. The maximum atomic E-state index is 13.5. The Labute approximate surface area is 150 Å². The first-order valence-electron chi connectivity index (χ1n) is 8.35. The van der Waals surface area contributed by atoms with Gasteiger partial charge in [0.15, 0.2) is 0 Å². The predicted octanol–water partition coefficient (Wildman–Crippen LogP) is 1.69. The Kier molecular flexibility index (Phi) is 5.75. The number of nitrogens with one attached hydrogen (secondary N) is 2. The molecule has 7 nitrogen and oxygen atoms in total. The van der Waals surface area contributed by atoms with Gasteiger partial charge in [-0.05, 0) is 24.3 Å². The summed E-state index contributed by atoms with van der Waals surface area (Å²) in [4.78, 5) is 32.3. The molecule has 1 aliphatic rings. The number of carbonyl (C=O) groups is 2. The van der Waals surface area contributed by atoms with Gasteiger partial charge in [0.05, 0.1) is 12.2 Å². The number of anilines is 2. The molecule has 2 N–H and O–H groups in total. The molecule has 1 aromatic heterocycles.